The van der Waals surface area contributed by atoms with Crippen molar-refractivity contribution in [3.63, 3.8) is 0 Å². The molecule has 0 N–H and O–H groups in total. The number of hydrogen-bond acceptors (Lipinski definition) is 1. The van der Waals surface area contributed by atoms with Crippen LogP contribution in [0.2, 0.25) is 0 Å². The molecule has 0 radical (unpaired) electrons. The smallest absolute Gasteiger partial charge is 0.0957 e. The Hall–Kier alpha value is -0.300. The summed E-state index contributed by atoms with van der Waals surface area (Å²) in [5, 5.41) is 0. The molecule has 60 valence electrons. The van der Waals surface area contributed by atoms with Crippen molar-refractivity contribution in [3.05, 3.63) is 12.7 Å². The van der Waals surface area contributed by atoms with Crippen LogP contribution in [0, 0.1) is 17.8 Å². The minimum atomic E-state index is 0.280. The van der Waals surface area contributed by atoms with Gasteiger partial charge in [-0.25, -0.2) is 0 Å². The zero-order valence-electron chi connectivity index (χ0n) is 6.92. The summed E-state index contributed by atoms with van der Waals surface area (Å²) in [6.07, 6.45) is 5.50. The largest absolute Gasteiger partial charge is 0.366 e. The molecule has 3 aliphatic rings. The highest BCUT2D eigenvalue weighted by atomic mass is 16.6. The number of epoxide rings is 1. The van der Waals surface area contributed by atoms with E-state index in [1.54, 1.807) is 0 Å². The fraction of sp³-hybridized carbons (Fsp3) is 0.800. The zero-order chi connectivity index (χ0) is 7.64. The number of ether oxygens (including phenoxy) is 1. The molecule has 2 bridgehead atoms. The van der Waals surface area contributed by atoms with Gasteiger partial charge in [-0.15, -0.1) is 6.58 Å². The van der Waals surface area contributed by atoms with E-state index in [-0.39, 0.29) is 5.60 Å². The van der Waals surface area contributed by atoms with Crippen LogP contribution in [0.5, 0.6) is 0 Å². The number of hydrogen-bond donors (Lipinski definition) is 0. The van der Waals surface area contributed by atoms with Crippen LogP contribution in [-0.4, -0.2) is 11.7 Å². The van der Waals surface area contributed by atoms with E-state index in [1.807, 2.05) is 0 Å². The van der Waals surface area contributed by atoms with E-state index < -0.39 is 0 Å². The molecule has 1 aliphatic heterocycles. The number of allylic oxidation sites excluding steroid dienone is 1. The molecule has 0 amide bonds. The van der Waals surface area contributed by atoms with Crippen LogP contribution in [0.4, 0.5) is 0 Å². The summed E-state index contributed by atoms with van der Waals surface area (Å²) in [6.45, 7) is 6.17. The average Bonchev–Trinajstić information content (AvgIpc) is 2.47. The lowest BCUT2D eigenvalue weighted by atomic mass is 9.81. The Kier molecular flexibility index (Phi) is 0.885. The van der Waals surface area contributed by atoms with Gasteiger partial charge in [0.05, 0.1) is 11.7 Å². The minimum Gasteiger partial charge on any atom is -0.366 e. The molecule has 1 nitrogen and oxygen atoms in total. The Morgan fingerprint density at radius 2 is 2.36 bits per heavy atom. The molecule has 5 atom stereocenters. The molecular weight excluding hydrogens is 136 g/mol. The van der Waals surface area contributed by atoms with Crippen molar-refractivity contribution >= 4 is 0 Å². The van der Waals surface area contributed by atoms with E-state index in [4.69, 9.17) is 4.74 Å². The molecule has 0 spiro atoms. The molecule has 0 aromatic carbocycles. The van der Waals surface area contributed by atoms with Crippen molar-refractivity contribution in [3.8, 4) is 0 Å². The maximum absolute atomic E-state index is 5.71. The third kappa shape index (κ3) is 0.538. The van der Waals surface area contributed by atoms with Gasteiger partial charge in [-0.2, -0.15) is 0 Å². The Balaban J connectivity index is 1.96. The van der Waals surface area contributed by atoms with E-state index in [1.165, 1.54) is 12.8 Å². The number of fused-ring (bicyclic) bond motifs is 5. The van der Waals surface area contributed by atoms with E-state index >= 15 is 0 Å². The summed E-state index contributed by atoms with van der Waals surface area (Å²) in [5.74, 6) is 2.42. The lowest BCUT2D eigenvalue weighted by molar-refractivity contribution is 0.196. The van der Waals surface area contributed by atoms with Gasteiger partial charge < -0.3 is 4.74 Å². The van der Waals surface area contributed by atoms with Crippen molar-refractivity contribution in [2.45, 2.75) is 31.5 Å². The van der Waals surface area contributed by atoms with Crippen molar-refractivity contribution in [1.82, 2.24) is 0 Å². The predicted octanol–water partition coefficient (Wildman–Crippen LogP) is 1.99. The highest BCUT2D eigenvalue weighted by Crippen LogP contribution is 2.65. The van der Waals surface area contributed by atoms with Gasteiger partial charge in [-0.05, 0) is 37.5 Å². The maximum atomic E-state index is 5.71. The van der Waals surface area contributed by atoms with Crippen LogP contribution in [0.1, 0.15) is 19.8 Å². The molecule has 2 aliphatic carbocycles. The Morgan fingerprint density at radius 3 is 2.91 bits per heavy atom. The Morgan fingerprint density at radius 1 is 1.55 bits per heavy atom. The van der Waals surface area contributed by atoms with Crippen molar-refractivity contribution < 1.29 is 4.74 Å². The van der Waals surface area contributed by atoms with Gasteiger partial charge in [0.25, 0.3) is 0 Å². The molecule has 1 saturated heterocycles. The quantitative estimate of drug-likeness (QED) is 0.411. The average molecular weight is 150 g/mol. The predicted molar refractivity (Wildman–Crippen MR) is 43.2 cm³/mol. The summed E-state index contributed by atoms with van der Waals surface area (Å²) in [7, 11) is 0. The van der Waals surface area contributed by atoms with Gasteiger partial charge >= 0.3 is 0 Å². The molecule has 11 heavy (non-hydrogen) atoms. The minimum absolute atomic E-state index is 0.280. The van der Waals surface area contributed by atoms with Crippen LogP contribution in [0.3, 0.4) is 0 Å². The first-order chi connectivity index (χ1) is 5.25. The normalized spacial score (nSPS) is 64.5. The lowest BCUT2D eigenvalue weighted by Crippen LogP contribution is -2.25. The highest BCUT2D eigenvalue weighted by molar-refractivity contribution is 5.21. The van der Waals surface area contributed by atoms with Crippen LogP contribution < -0.4 is 0 Å². The van der Waals surface area contributed by atoms with Crippen molar-refractivity contribution in [2.75, 3.05) is 0 Å². The van der Waals surface area contributed by atoms with Gasteiger partial charge in [0.1, 0.15) is 0 Å². The topological polar surface area (TPSA) is 12.5 Å². The SMILES string of the molecule is C=CC1CC2CC1C1(C)OC21. The first kappa shape index (κ1) is 6.24. The van der Waals surface area contributed by atoms with Gasteiger partial charge in [-0.1, -0.05) is 6.08 Å². The third-order valence-corrected chi connectivity index (χ3v) is 4.00. The van der Waals surface area contributed by atoms with Gasteiger partial charge in [0, 0.05) is 0 Å². The van der Waals surface area contributed by atoms with Gasteiger partial charge in [0.2, 0.25) is 0 Å². The first-order valence-electron chi connectivity index (χ1n) is 4.56. The summed E-state index contributed by atoms with van der Waals surface area (Å²) in [5.41, 5.74) is 0.280. The lowest BCUT2D eigenvalue weighted by Gasteiger charge is -2.20. The number of rotatable bonds is 1. The summed E-state index contributed by atoms with van der Waals surface area (Å²) in [4.78, 5) is 0. The molecule has 1 heterocycles. The molecular formula is C10H14O. The van der Waals surface area contributed by atoms with Crippen LogP contribution in [0.15, 0.2) is 12.7 Å². The second-order valence-electron chi connectivity index (χ2n) is 4.46. The van der Waals surface area contributed by atoms with Gasteiger partial charge in [-0.3, -0.25) is 0 Å². The first-order valence-corrected chi connectivity index (χ1v) is 4.56. The molecule has 2 saturated carbocycles. The second-order valence-corrected chi connectivity index (χ2v) is 4.46. The maximum Gasteiger partial charge on any atom is 0.0957 e. The van der Waals surface area contributed by atoms with Crippen LogP contribution >= 0.6 is 0 Å². The van der Waals surface area contributed by atoms with E-state index in [0.717, 1.165) is 17.8 Å². The van der Waals surface area contributed by atoms with E-state index in [0.29, 0.717) is 6.10 Å². The summed E-state index contributed by atoms with van der Waals surface area (Å²) in [6, 6.07) is 0. The van der Waals surface area contributed by atoms with Crippen molar-refractivity contribution in [2.24, 2.45) is 17.8 Å². The van der Waals surface area contributed by atoms with E-state index in [9.17, 15) is 0 Å². The molecule has 3 rings (SSSR count). The highest BCUT2D eigenvalue weighted by Gasteiger charge is 2.70. The molecule has 0 aromatic rings. The summed E-state index contributed by atoms with van der Waals surface area (Å²) < 4.78 is 5.71. The Bertz CT molecular complexity index is 223. The third-order valence-electron chi connectivity index (χ3n) is 4.00. The monoisotopic (exact) mass is 150 g/mol. The fourth-order valence-electron chi connectivity index (χ4n) is 3.38. The van der Waals surface area contributed by atoms with Crippen LogP contribution in [-0.2, 0) is 4.74 Å². The Labute approximate surface area is 67.4 Å². The molecule has 5 unspecified atom stereocenters. The van der Waals surface area contributed by atoms with Gasteiger partial charge in [0.15, 0.2) is 0 Å². The van der Waals surface area contributed by atoms with Crippen molar-refractivity contribution in [1.29, 1.82) is 0 Å². The second kappa shape index (κ2) is 1.56. The molecule has 0 aromatic heterocycles. The standard InChI is InChI=1S/C10H14O/c1-3-6-4-7-5-8(6)10(2)9(7)11-10/h3,6-9H,1,4-5H2,2H3. The molecule has 3 fully saturated rings. The van der Waals surface area contributed by atoms with E-state index in [2.05, 4.69) is 19.6 Å². The fourth-order valence-corrected chi connectivity index (χ4v) is 3.38. The molecule has 1 heteroatoms. The van der Waals surface area contributed by atoms with Crippen LogP contribution in [0.25, 0.3) is 0 Å². The summed E-state index contributed by atoms with van der Waals surface area (Å²) >= 11 is 0. The zero-order valence-corrected chi connectivity index (χ0v) is 6.92.